The molecule has 5 N–H and O–H groups in total. The maximum Gasteiger partial charge on any atom is 0.345 e. The van der Waals surface area contributed by atoms with E-state index in [9.17, 15) is 4.79 Å². The van der Waals surface area contributed by atoms with Crippen LogP contribution in [0.3, 0.4) is 0 Å². The van der Waals surface area contributed by atoms with Crippen LogP contribution >= 0.6 is 0 Å². The molecule has 0 unspecified atom stereocenters. The number of nitrogens with zero attached hydrogens (tertiary/aromatic N) is 1. The molecule has 1 aliphatic rings. The number of amides is 2. The highest BCUT2D eigenvalue weighted by atomic mass is 16.2. The van der Waals surface area contributed by atoms with Crippen molar-refractivity contribution < 1.29 is 4.79 Å². The summed E-state index contributed by atoms with van der Waals surface area (Å²) >= 11 is 0. The van der Waals surface area contributed by atoms with Gasteiger partial charge in [0.05, 0.1) is 5.69 Å². The standard InChI is InChI=1S/C9H12N2O.CH4N2O/c1-6-7-4-2-3-5-8(7)11-9(12)10-6;2-1(3)4/h2-5H2,1H3,(H,10,11,12);(H4,2,3,4). The van der Waals surface area contributed by atoms with Crippen molar-refractivity contribution in [3.05, 3.63) is 27.4 Å². The number of nitrogens with two attached hydrogens (primary N) is 2. The van der Waals surface area contributed by atoms with Gasteiger partial charge in [-0.2, -0.15) is 4.98 Å². The Morgan fingerprint density at radius 3 is 2.50 bits per heavy atom. The summed E-state index contributed by atoms with van der Waals surface area (Å²) in [7, 11) is 0. The number of primary amides is 2. The fourth-order valence-corrected chi connectivity index (χ4v) is 1.80. The number of carbonyl (C=O) groups excluding carboxylic acids is 1. The molecular weight excluding hydrogens is 208 g/mol. The monoisotopic (exact) mass is 224 g/mol. The van der Waals surface area contributed by atoms with E-state index < -0.39 is 6.03 Å². The predicted molar refractivity (Wildman–Crippen MR) is 60.0 cm³/mol. The second-order valence-electron chi connectivity index (χ2n) is 3.70. The van der Waals surface area contributed by atoms with Crippen molar-refractivity contribution in [2.45, 2.75) is 32.6 Å². The number of rotatable bonds is 0. The van der Waals surface area contributed by atoms with Gasteiger partial charge in [-0.05, 0) is 38.2 Å². The third-order valence-corrected chi connectivity index (χ3v) is 2.42. The van der Waals surface area contributed by atoms with Crippen molar-refractivity contribution in [1.82, 2.24) is 9.97 Å². The number of aryl methyl sites for hydroxylation is 2. The van der Waals surface area contributed by atoms with Crippen molar-refractivity contribution >= 4 is 6.03 Å². The Morgan fingerprint density at radius 2 is 1.88 bits per heavy atom. The van der Waals surface area contributed by atoms with Crippen LogP contribution in [0.2, 0.25) is 0 Å². The van der Waals surface area contributed by atoms with E-state index in [1.165, 1.54) is 18.4 Å². The first-order valence-corrected chi connectivity index (χ1v) is 5.14. The highest BCUT2D eigenvalue weighted by Crippen LogP contribution is 2.19. The quantitative estimate of drug-likeness (QED) is 0.575. The number of H-pyrrole nitrogens is 1. The fourth-order valence-electron chi connectivity index (χ4n) is 1.80. The minimum absolute atomic E-state index is 0.201. The molecule has 2 rings (SSSR count). The molecule has 0 saturated heterocycles. The smallest absolute Gasteiger partial charge is 0.345 e. The number of aromatic nitrogens is 2. The van der Waals surface area contributed by atoms with Crippen LogP contribution in [-0.2, 0) is 12.8 Å². The van der Waals surface area contributed by atoms with Gasteiger partial charge in [-0.1, -0.05) is 0 Å². The molecule has 16 heavy (non-hydrogen) atoms. The normalized spacial score (nSPS) is 13.3. The Balaban J connectivity index is 0.000000280. The summed E-state index contributed by atoms with van der Waals surface area (Å²) in [5.41, 5.74) is 11.6. The van der Waals surface area contributed by atoms with Gasteiger partial charge in [0.15, 0.2) is 0 Å². The van der Waals surface area contributed by atoms with Crippen molar-refractivity contribution in [3.8, 4) is 0 Å². The molecule has 6 heteroatoms. The van der Waals surface area contributed by atoms with Gasteiger partial charge < -0.3 is 16.5 Å². The van der Waals surface area contributed by atoms with Gasteiger partial charge in [0.25, 0.3) is 0 Å². The maximum absolute atomic E-state index is 11.0. The van der Waals surface area contributed by atoms with E-state index in [0.29, 0.717) is 0 Å². The zero-order chi connectivity index (χ0) is 12.1. The number of nitrogens with one attached hydrogen (secondary N) is 1. The molecule has 2 amide bonds. The lowest BCUT2D eigenvalue weighted by Gasteiger charge is -2.15. The average Bonchev–Trinajstić information content (AvgIpc) is 2.16. The molecule has 0 atom stereocenters. The van der Waals surface area contributed by atoms with Gasteiger partial charge >= 0.3 is 11.7 Å². The van der Waals surface area contributed by atoms with Gasteiger partial charge in [0, 0.05) is 5.69 Å². The summed E-state index contributed by atoms with van der Waals surface area (Å²) in [4.78, 5) is 26.7. The van der Waals surface area contributed by atoms with Crippen molar-refractivity contribution in [1.29, 1.82) is 0 Å². The second kappa shape index (κ2) is 5.29. The van der Waals surface area contributed by atoms with Crippen molar-refractivity contribution in [3.63, 3.8) is 0 Å². The summed E-state index contributed by atoms with van der Waals surface area (Å²) < 4.78 is 0. The number of carbonyl (C=O) groups is 1. The van der Waals surface area contributed by atoms with Crippen molar-refractivity contribution in [2.24, 2.45) is 11.5 Å². The summed E-state index contributed by atoms with van der Waals surface area (Å²) in [6.07, 6.45) is 4.44. The van der Waals surface area contributed by atoms with Crippen LogP contribution in [-0.4, -0.2) is 16.0 Å². The lowest BCUT2D eigenvalue weighted by Crippen LogP contribution is -2.19. The molecule has 0 bridgehead atoms. The first-order chi connectivity index (χ1) is 7.50. The van der Waals surface area contributed by atoms with E-state index in [1.54, 1.807) is 0 Å². The highest BCUT2D eigenvalue weighted by molar-refractivity contribution is 5.69. The Labute approximate surface area is 93.1 Å². The maximum atomic E-state index is 11.0. The first kappa shape index (κ1) is 12.2. The largest absolute Gasteiger partial charge is 0.352 e. The third-order valence-electron chi connectivity index (χ3n) is 2.42. The van der Waals surface area contributed by atoms with Crippen LogP contribution in [0.1, 0.15) is 29.8 Å². The van der Waals surface area contributed by atoms with Crippen LogP contribution < -0.4 is 17.2 Å². The van der Waals surface area contributed by atoms with Gasteiger partial charge in [0.2, 0.25) is 0 Å². The summed E-state index contributed by atoms with van der Waals surface area (Å²) in [5, 5.41) is 0. The molecule has 0 radical (unpaired) electrons. The lowest BCUT2D eigenvalue weighted by molar-refractivity contribution is 0.256. The lowest BCUT2D eigenvalue weighted by atomic mass is 9.95. The Kier molecular flexibility index (Phi) is 4.04. The van der Waals surface area contributed by atoms with Gasteiger partial charge in [-0.25, -0.2) is 9.59 Å². The van der Waals surface area contributed by atoms with E-state index in [2.05, 4.69) is 21.4 Å². The topological polar surface area (TPSA) is 115 Å². The van der Waals surface area contributed by atoms with Crippen LogP contribution in [0.4, 0.5) is 4.79 Å². The zero-order valence-corrected chi connectivity index (χ0v) is 9.25. The minimum Gasteiger partial charge on any atom is -0.352 e. The van der Waals surface area contributed by atoms with E-state index in [-0.39, 0.29) is 5.69 Å². The van der Waals surface area contributed by atoms with Crippen LogP contribution in [0, 0.1) is 6.92 Å². The number of aromatic amines is 1. The molecule has 0 fully saturated rings. The van der Waals surface area contributed by atoms with Crippen LogP contribution in [0.25, 0.3) is 0 Å². The average molecular weight is 224 g/mol. The SMILES string of the molecule is Cc1[nH]c(=O)nc2c1CCCC2.NC(N)=O. The number of hydrogen-bond donors (Lipinski definition) is 3. The molecule has 1 aromatic rings. The molecule has 1 aromatic heterocycles. The number of urea groups is 1. The summed E-state index contributed by atoms with van der Waals surface area (Å²) in [5.74, 6) is 0. The second-order valence-corrected chi connectivity index (χ2v) is 3.70. The highest BCUT2D eigenvalue weighted by Gasteiger charge is 2.13. The molecule has 1 aliphatic carbocycles. The molecule has 0 saturated carbocycles. The van der Waals surface area contributed by atoms with E-state index in [1.807, 2.05) is 6.92 Å². The number of hydrogen-bond acceptors (Lipinski definition) is 3. The summed E-state index contributed by atoms with van der Waals surface area (Å²) in [6, 6.07) is -0.833. The molecule has 0 spiro atoms. The van der Waals surface area contributed by atoms with E-state index in [0.717, 1.165) is 24.2 Å². The van der Waals surface area contributed by atoms with E-state index >= 15 is 0 Å². The van der Waals surface area contributed by atoms with Gasteiger partial charge in [-0.15, -0.1) is 0 Å². The van der Waals surface area contributed by atoms with Gasteiger partial charge in [-0.3, -0.25) is 0 Å². The Morgan fingerprint density at radius 1 is 1.31 bits per heavy atom. The van der Waals surface area contributed by atoms with Gasteiger partial charge in [0.1, 0.15) is 0 Å². The van der Waals surface area contributed by atoms with Crippen LogP contribution in [0.15, 0.2) is 4.79 Å². The zero-order valence-electron chi connectivity index (χ0n) is 9.25. The minimum atomic E-state index is -0.833. The predicted octanol–water partition coefficient (Wildman–Crippen LogP) is -0.0191. The third kappa shape index (κ3) is 3.38. The van der Waals surface area contributed by atoms with Crippen molar-refractivity contribution in [2.75, 3.05) is 0 Å². The first-order valence-electron chi connectivity index (χ1n) is 5.14. The summed E-state index contributed by atoms with van der Waals surface area (Å²) in [6.45, 7) is 1.95. The Hall–Kier alpha value is -1.85. The Bertz CT molecular complexity index is 435. The molecular formula is C10H16N4O2. The molecule has 0 aliphatic heterocycles. The number of fused-ring (bicyclic) bond motifs is 1. The van der Waals surface area contributed by atoms with Crippen LogP contribution in [0.5, 0.6) is 0 Å². The van der Waals surface area contributed by atoms with E-state index in [4.69, 9.17) is 4.79 Å². The molecule has 1 heterocycles. The molecule has 6 nitrogen and oxygen atoms in total. The molecule has 88 valence electrons. The fraction of sp³-hybridized carbons (Fsp3) is 0.500. The molecule has 0 aromatic carbocycles.